The van der Waals surface area contributed by atoms with Crippen molar-refractivity contribution in [3.8, 4) is 11.5 Å². The number of hydrogen-bond acceptors (Lipinski definition) is 6. The van der Waals surface area contributed by atoms with Crippen LogP contribution in [0.25, 0.3) is 0 Å². The topological polar surface area (TPSA) is 60.9 Å². The third kappa shape index (κ3) is 6.93. The van der Waals surface area contributed by atoms with Gasteiger partial charge in [-0.3, -0.25) is 4.79 Å². The van der Waals surface area contributed by atoms with Crippen molar-refractivity contribution in [1.29, 1.82) is 0 Å². The second-order valence-electron chi connectivity index (χ2n) is 7.91. The highest BCUT2D eigenvalue weighted by Gasteiger charge is 2.23. The van der Waals surface area contributed by atoms with E-state index in [1.165, 1.54) is 11.3 Å². The van der Waals surface area contributed by atoms with E-state index in [2.05, 4.69) is 4.98 Å². The van der Waals surface area contributed by atoms with Crippen LogP contribution in [-0.4, -0.2) is 42.2 Å². The van der Waals surface area contributed by atoms with Crippen molar-refractivity contribution < 1.29 is 19.0 Å². The molecule has 1 fully saturated rings. The Kier molecular flexibility index (Phi) is 8.20. The minimum Gasteiger partial charge on any atom is -0.497 e. The molecule has 1 aromatic heterocycles. The Morgan fingerprint density at radius 3 is 2.85 bits per heavy atom. The summed E-state index contributed by atoms with van der Waals surface area (Å²) in [5, 5.41) is 3.42. The van der Waals surface area contributed by atoms with Gasteiger partial charge in [0.15, 0.2) is 0 Å². The highest BCUT2D eigenvalue weighted by molar-refractivity contribution is 7.09. The Hall–Kier alpha value is -2.61. The van der Waals surface area contributed by atoms with Gasteiger partial charge < -0.3 is 19.1 Å². The summed E-state index contributed by atoms with van der Waals surface area (Å²) in [6.45, 7) is 2.19. The van der Waals surface area contributed by atoms with E-state index in [0.717, 1.165) is 47.2 Å². The van der Waals surface area contributed by atoms with E-state index in [-0.39, 0.29) is 18.4 Å². The van der Waals surface area contributed by atoms with Crippen molar-refractivity contribution >= 4 is 28.8 Å². The lowest BCUT2D eigenvalue weighted by Crippen LogP contribution is -2.37. The van der Waals surface area contributed by atoms with E-state index < -0.39 is 0 Å². The number of thiazole rings is 1. The van der Waals surface area contributed by atoms with Crippen LogP contribution < -0.4 is 9.47 Å². The molecule has 1 saturated heterocycles. The van der Waals surface area contributed by atoms with Crippen LogP contribution in [0.2, 0.25) is 5.02 Å². The fourth-order valence-corrected chi connectivity index (χ4v) is 4.55. The number of carbonyl (C=O) groups is 1. The summed E-state index contributed by atoms with van der Waals surface area (Å²) < 4.78 is 16.9. The molecule has 1 unspecified atom stereocenters. The summed E-state index contributed by atoms with van der Waals surface area (Å²) in [5.74, 6) is 1.54. The van der Waals surface area contributed by atoms with Crippen molar-refractivity contribution in [2.45, 2.75) is 38.5 Å². The number of rotatable bonds is 10. The Morgan fingerprint density at radius 2 is 2.09 bits per heavy atom. The number of aromatic nitrogens is 1. The van der Waals surface area contributed by atoms with Crippen molar-refractivity contribution in [1.82, 2.24) is 9.88 Å². The maximum absolute atomic E-state index is 13.2. The molecule has 1 aliphatic heterocycles. The molecule has 0 bridgehead atoms. The van der Waals surface area contributed by atoms with Gasteiger partial charge >= 0.3 is 0 Å². The summed E-state index contributed by atoms with van der Waals surface area (Å²) in [6.07, 6.45) is 2.34. The number of ether oxygens (including phenoxy) is 3. The van der Waals surface area contributed by atoms with Crippen LogP contribution in [0.1, 0.15) is 29.1 Å². The van der Waals surface area contributed by atoms with Crippen LogP contribution in [0.3, 0.4) is 0 Å². The van der Waals surface area contributed by atoms with E-state index in [0.29, 0.717) is 24.7 Å². The lowest BCUT2D eigenvalue weighted by molar-refractivity contribution is -0.132. The summed E-state index contributed by atoms with van der Waals surface area (Å²) in [5.41, 5.74) is 1.78. The van der Waals surface area contributed by atoms with E-state index in [1.54, 1.807) is 19.2 Å². The molecule has 8 heteroatoms. The minimum atomic E-state index is 0.0313. The first-order valence-corrected chi connectivity index (χ1v) is 12.2. The van der Waals surface area contributed by atoms with Crippen LogP contribution >= 0.6 is 22.9 Å². The number of amides is 1. The molecular formula is C25H27ClN2O4S. The van der Waals surface area contributed by atoms with Gasteiger partial charge in [-0.15, -0.1) is 11.3 Å². The first kappa shape index (κ1) is 23.5. The molecule has 0 saturated carbocycles. The standard InChI is InChI=1S/C25H27ClN2O4S/c1-30-22-5-2-4-18(12-22)14-28(15-23-6-3-11-31-23)25(29)13-20-17-33-24(27-20)16-32-21-9-7-19(26)8-10-21/h2,4-5,7-10,12,17,23H,3,6,11,13-16H2,1H3. The van der Waals surface area contributed by atoms with Crippen LogP contribution in [-0.2, 0) is 29.1 Å². The SMILES string of the molecule is COc1cccc(CN(CC2CCCO2)C(=O)Cc2csc(COc3ccc(Cl)cc3)n2)c1. The van der Waals surface area contributed by atoms with E-state index in [1.807, 2.05) is 46.7 Å². The minimum absolute atomic E-state index is 0.0313. The Bertz CT molecular complexity index is 1050. The molecule has 1 aliphatic rings. The first-order chi connectivity index (χ1) is 16.1. The van der Waals surface area contributed by atoms with Crippen molar-refractivity contribution in [3.63, 3.8) is 0 Å². The molecule has 0 spiro atoms. The largest absolute Gasteiger partial charge is 0.497 e. The molecule has 0 aliphatic carbocycles. The molecule has 1 amide bonds. The molecule has 174 valence electrons. The van der Waals surface area contributed by atoms with Crippen LogP contribution in [0.5, 0.6) is 11.5 Å². The second kappa shape index (κ2) is 11.5. The number of methoxy groups -OCH3 is 1. The molecule has 1 atom stereocenters. The fourth-order valence-electron chi connectivity index (χ4n) is 3.72. The maximum atomic E-state index is 13.2. The summed E-state index contributed by atoms with van der Waals surface area (Å²) in [4.78, 5) is 19.7. The lowest BCUT2D eigenvalue weighted by Gasteiger charge is -2.25. The predicted octanol–water partition coefficient (Wildman–Crippen LogP) is 5.13. The average molecular weight is 487 g/mol. The number of carbonyl (C=O) groups excluding carboxylic acids is 1. The lowest BCUT2D eigenvalue weighted by atomic mass is 10.1. The van der Waals surface area contributed by atoms with Gasteiger partial charge in [-0.2, -0.15) is 0 Å². The van der Waals surface area contributed by atoms with Gasteiger partial charge in [0, 0.05) is 30.1 Å². The van der Waals surface area contributed by atoms with E-state index in [4.69, 9.17) is 25.8 Å². The molecule has 0 radical (unpaired) electrons. The maximum Gasteiger partial charge on any atom is 0.229 e. The molecule has 33 heavy (non-hydrogen) atoms. The fraction of sp³-hybridized carbons (Fsp3) is 0.360. The highest BCUT2D eigenvalue weighted by Crippen LogP contribution is 2.21. The van der Waals surface area contributed by atoms with Crippen molar-refractivity contribution in [3.05, 3.63) is 75.2 Å². The third-order valence-electron chi connectivity index (χ3n) is 5.42. The van der Waals surface area contributed by atoms with Gasteiger partial charge in [0.05, 0.1) is 25.3 Å². The molecule has 2 aromatic carbocycles. The van der Waals surface area contributed by atoms with Gasteiger partial charge in [0.25, 0.3) is 0 Å². The van der Waals surface area contributed by atoms with E-state index in [9.17, 15) is 4.79 Å². The quantitative estimate of drug-likeness (QED) is 0.397. The Balaban J connectivity index is 1.38. The second-order valence-corrected chi connectivity index (χ2v) is 9.29. The zero-order valence-corrected chi connectivity index (χ0v) is 20.1. The van der Waals surface area contributed by atoms with Crippen molar-refractivity contribution in [2.24, 2.45) is 0 Å². The van der Waals surface area contributed by atoms with E-state index >= 15 is 0 Å². The summed E-state index contributed by atoms with van der Waals surface area (Å²) in [7, 11) is 1.64. The molecular weight excluding hydrogens is 460 g/mol. The predicted molar refractivity (Wildman–Crippen MR) is 129 cm³/mol. The monoisotopic (exact) mass is 486 g/mol. The van der Waals surface area contributed by atoms with Gasteiger partial charge in [-0.05, 0) is 54.8 Å². The van der Waals surface area contributed by atoms with Gasteiger partial charge in [0.2, 0.25) is 5.91 Å². The normalized spacial score (nSPS) is 15.4. The van der Waals surface area contributed by atoms with Crippen LogP contribution in [0.4, 0.5) is 0 Å². The molecule has 3 aromatic rings. The number of halogens is 1. The Morgan fingerprint density at radius 1 is 1.24 bits per heavy atom. The third-order valence-corrected chi connectivity index (χ3v) is 6.54. The molecule has 0 N–H and O–H groups in total. The zero-order chi connectivity index (χ0) is 23.0. The first-order valence-electron chi connectivity index (χ1n) is 10.9. The smallest absolute Gasteiger partial charge is 0.229 e. The van der Waals surface area contributed by atoms with Gasteiger partial charge in [-0.25, -0.2) is 4.98 Å². The zero-order valence-electron chi connectivity index (χ0n) is 18.5. The highest BCUT2D eigenvalue weighted by atomic mass is 35.5. The Labute approximate surface area is 203 Å². The van der Waals surface area contributed by atoms with Gasteiger partial charge in [-0.1, -0.05) is 23.7 Å². The van der Waals surface area contributed by atoms with Crippen LogP contribution in [0, 0.1) is 0 Å². The molecule has 2 heterocycles. The summed E-state index contributed by atoms with van der Waals surface area (Å²) >= 11 is 7.40. The van der Waals surface area contributed by atoms with Crippen molar-refractivity contribution in [2.75, 3.05) is 20.3 Å². The van der Waals surface area contributed by atoms with Gasteiger partial charge in [0.1, 0.15) is 23.1 Å². The number of hydrogen-bond donors (Lipinski definition) is 0. The molecule has 4 rings (SSSR count). The summed E-state index contributed by atoms with van der Waals surface area (Å²) in [6, 6.07) is 15.0. The average Bonchev–Trinajstić information content (AvgIpc) is 3.50. The number of benzene rings is 2. The molecule has 6 nitrogen and oxygen atoms in total. The van der Waals surface area contributed by atoms with Crippen LogP contribution in [0.15, 0.2) is 53.9 Å². The number of nitrogens with zero attached hydrogens (tertiary/aromatic N) is 2.